The van der Waals surface area contributed by atoms with Gasteiger partial charge in [0.25, 0.3) is 0 Å². The number of rotatable bonds is 7. The van der Waals surface area contributed by atoms with E-state index in [0.29, 0.717) is 25.4 Å². The number of amides is 1. The van der Waals surface area contributed by atoms with Gasteiger partial charge in [-0.15, -0.1) is 0 Å². The fourth-order valence-corrected chi connectivity index (χ4v) is 2.40. The van der Waals surface area contributed by atoms with E-state index in [1.807, 2.05) is 12.1 Å². The summed E-state index contributed by atoms with van der Waals surface area (Å²) < 4.78 is 5.19. The Balaban J connectivity index is 1.82. The molecule has 2 rings (SSSR count). The lowest BCUT2D eigenvalue weighted by molar-refractivity contribution is -0.121. The first-order valence-corrected chi connectivity index (χ1v) is 7.70. The molecule has 118 valence electrons. The van der Waals surface area contributed by atoms with Crippen molar-refractivity contribution in [2.45, 2.75) is 39.7 Å². The van der Waals surface area contributed by atoms with Gasteiger partial charge in [0.15, 0.2) is 0 Å². The summed E-state index contributed by atoms with van der Waals surface area (Å²) in [5.41, 5.74) is 3.65. The van der Waals surface area contributed by atoms with E-state index in [1.165, 1.54) is 11.1 Å². The molecular weight excluding hydrogens is 276 g/mol. The van der Waals surface area contributed by atoms with E-state index in [4.69, 9.17) is 4.42 Å². The second kappa shape index (κ2) is 7.69. The third-order valence-corrected chi connectivity index (χ3v) is 3.62. The van der Waals surface area contributed by atoms with Crippen molar-refractivity contribution in [1.82, 2.24) is 5.32 Å². The summed E-state index contributed by atoms with van der Waals surface area (Å²) in [7, 11) is 0. The van der Waals surface area contributed by atoms with Gasteiger partial charge in [-0.25, -0.2) is 0 Å². The molecule has 0 aliphatic carbocycles. The zero-order chi connectivity index (χ0) is 15.9. The fourth-order valence-electron chi connectivity index (χ4n) is 2.40. The summed E-state index contributed by atoms with van der Waals surface area (Å²) in [6.45, 7) is 7.50. The molecule has 4 nitrogen and oxygen atoms in total. The minimum atomic E-state index is 0.0172. The van der Waals surface area contributed by atoms with Crippen LogP contribution < -0.4 is 10.6 Å². The fraction of sp³-hybridized carbons (Fsp3) is 0.389. The first-order valence-electron chi connectivity index (χ1n) is 7.70. The molecule has 0 aliphatic heterocycles. The normalized spacial score (nSPS) is 10.7. The SMILES string of the molecule is Cc1cccc(C(C)C)c1NCCC(=O)NCc1ccco1. The number of benzene rings is 1. The van der Waals surface area contributed by atoms with Crippen molar-refractivity contribution in [2.24, 2.45) is 0 Å². The highest BCUT2D eigenvalue weighted by Gasteiger charge is 2.09. The van der Waals surface area contributed by atoms with Crippen LogP contribution in [0.5, 0.6) is 0 Å². The van der Waals surface area contributed by atoms with Gasteiger partial charge in [0, 0.05) is 18.7 Å². The van der Waals surface area contributed by atoms with Crippen LogP contribution in [-0.4, -0.2) is 12.5 Å². The van der Waals surface area contributed by atoms with Gasteiger partial charge in [0.2, 0.25) is 5.91 Å². The van der Waals surface area contributed by atoms with Crippen LogP contribution >= 0.6 is 0 Å². The Kier molecular flexibility index (Phi) is 5.64. The van der Waals surface area contributed by atoms with Crippen molar-refractivity contribution in [3.05, 3.63) is 53.5 Å². The van der Waals surface area contributed by atoms with Gasteiger partial charge in [-0.2, -0.15) is 0 Å². The van der Waals surface area contributed by atoms with Gasteiger partial charge in [0.1, 0.15) is 5.76 Å². The number of carbonyl (C=O) groups is 1. The maximum atomic E-state index is 11.8. The van der Waals surface area contributed by atoms with Crippen molar-refractivity contribution in [3.8, 4) is 0 Å². The van der Waals surface area contributed by atoms with Gasteiger partial charge < -0.3 is 15.1 Å². The highest BCUT2D eigenvalue weighted by Crippen LogP contribution is 2.27. The van der Waals surface area contributed by atoms with Crippen molar-refractivity contribution in [1.29, 1.82) is 0 Å². The standard InChI is InChI=1S/C18H24N2O2/c1-13(2)16-8-4-6-14(3)18(16)19-10-9-17(21)20-12-15-7-5-11-22-15/h4-8,11,13,19H,9-10,12H2,1-3H3,(H,20,21). The van der Waals surface area contributed by atoms with Gasteiger partial charge in [0.05, 0.1) is 12.8 Å². The smallest absolute Gasteiger partial charge is 0.222 e. The molecule has 1 heterocycles. The molecule has 0 bridgehead atoms. The Hall–Kier alpha value is -2.23. The van der Waals surface area contributed by atoms with E-state index in [1.54, 1.807) is 6.26 Å². The van der Waals surface area contributed by atoms with E-state index in [2.05, 4.69) is 49.6 Å². The molecule has 0 unspecified atom stereocenters. The van der Waals surface area contributed by atoms with E-state index < -0.39 is 0 Å². The molecule has 0 radical (unpaired) electrons. The molecule has 0 saturated heterocycles. The average Bonchev–Trinajstić information content (AvgIpc) is 3.00. The Bertz CT molecular complexity index is 604. The minimum absolute atomic E-state index is 0.0172. The second-order valence-electron chi connectivity index (χ2n) is 5.73. The summed E-state index contributed by atoms with van der Waals surface area (Å²) in [6, 6.07) is 9.96. The molecule has 1 aromatic carbocycles. The Labute approximate surface area is 131 Å². The van der Waals surface area contributed by atoms with Crippen LogP contribution in [0.15, 0.2) is 41.0 Å². The van der Waals surface area contributed by atoms with Crippen LogP contribution in [0.25, 0.3) is 0 Å². The average molecular weight is 300 g/mol. The second-order valence-corrected chi connectivity index (χ2v) is 5.73. The predicted octanol–water partition coefficient (Wildman–Crippen LogP) is 3.83. The number of hydrogen-bond acceptors (Lipinski definition) is 3. The van der Waals surface area contributed by atoms with Crippen LogP contribution in [0.3, 0.4) is 0 Å². The topological polar surface area (TPSA) is 54.3 Å². The molecule has 22 heavy (non-hydrogen) atoms. The number of para-hydroxylation sites is 1. The van der Waals surface area contributed by atoms with Crippen molar-refractivity contribution in [2.75, 3.05) is 11.9 Å². The highest BCUT2D eigenvalue weighted by atomic mass is 16.3. The third kappa shape index (κ3) is 4.38. The molecular formula is C18H24N2O2. The van der Waals surface area contributed by atoms with Gasteiger partial charge >= 0.3 is 0 Å². The molecule has 0 spiro atoms. The number of hydrogen-bond donors (Lipinski definition) is 2. The maximum Gasteiger partial charge on any atom is 0.222 e. The Morgan fingerprint density at radius 2 is 2.05 bits per heavy atom. The first kappa shape index (κ1) is 16.1. The summed E-state index contributed by atoms with van der Waals surface area (Å²) in [6.07, 6.45) is 2.04. The van der Waals surface area contributed by atoms with Crippen molar-refractivity contribution >= 4 is 11.6 Å². The van der Waals surface area contributed by atoms with Crippen molar-refractivity contribution in [3.63, 3.8) is 0 Å². The first-order chi connectivity index (χ1) is 10.6. The maximum absolute atomic E-state index is 11.8. The molecule has 0 fully saturated rings. The zero-order valence-corrected chi connectivity index (χ0v) is 13.5. The molecule has 0 aliphatic rings. The zero-order valence-electron chi connectivity index (χ0n) is 13.5. The summed E-state index contributed by atoms with van der Waals surface area (Å²) in [5.74, 6) is 1.24. The molecule has 2 N–H and O–H groups in total. The van der Waals surface area contributed by atoms with Crippen LogP contribution in [-0.2, 0) is 11.3 Å². The predicted molar refractivity (Wildman–Crippen MR) is 88.9 cm³/mol. The van der Waals surface area contributed by atoms with E-state index in [0.717, 1.165) is 11.4 Å². The lowest BCUT2D eigenvalue weighted by Crippen LogP contribution is -2.24. The van der Waals surface area contributed by atoms with Crippen LogP contribution in [0.4, 0.5) is 5.69 Å². The highest BCUT2D eigenvalue weighted by molar-refractivity contribution is 5.76. The number of anilines is 1. The number of aryl methyl sites for hydroxylation is 1. The summed E-state index contributed by atoms with van der Waals surface area (Å²) in [4.78, 5) is 11.8. The largest absolute Gasteiger partial charge is 0.467 e. The molecule has 0 atom stereocenters. The number of nitrogens with one attached hydrogen (secondary N) is 2. The van der Waals surface area contributed by atoms with Crippen LogP contribution in [0.1, 0.15) is 43.1 Å². The van der Waals surface area contributed by atoms with E-state index in [-0.39, 0.29) is 5.91 Å². The molecule has 1 amide bonds. The van der Waals surface area contributed by atoms with Gasteiger partial charge in [-0.05, 0) is 36.1 Å². The number of carbonyl (C=O) groups excluding carboxylic acids is 1. The van der Waals surface area contributed by atoms with Gasteiger partial charge in [-0.3, -0.25) is 4.79 Å². The third-order valence-electron chi connectivity index (χ3n) is 3.62. The molecule has 2 aromatic rings. The lowest BCUT2D eigenvalue weighted by atomic mass is 9.98. The van der Waals surface area contributed by atoms with Crippen LogP contribution in [0.2, 0.25) is 0 Å². The Morgan fingerprint density at radius 1 is 1.23 bits per heavy atom. The van der Waals surface area contributed by atoms with E-state index >= 15 is 0 Å². The Morgan fingerprint density at radius 3 is 2.73 bits per heavy atom. The van der Waals surface area contributed by atoms with E-state index in [9.17, 15) is 4.79 Å². The van der Waals surface area contributed by atoms with Crippen LogP contribution in [0, 0.1) is 6.92 Å². The number of furan rings is 1. The minimum Gasteiger partial charge on any atom is -0.467 e. The summed E-state index contributed by atoms with van der Waals surface area (Å²) >= 11 is 0. The van der Waals surface area contributed by atoms with Crippen molar-refractivity contribution < 1.29 is 9.21 Å². The quantitative estimate of drug-likeness (QED) is 0.817. The molecule has 0 saturated carbocycles. The molecule has 1 aromatic heterocycles. The summed E-state index contributed by atoms with van der Waals surface area (Å²) in [5, 5.41) is 6.25. The van der Waals surface area contributed by atoms with Gasteiger partial charge in [-0.1, -0.05) is 32.0 Å². The molecule has 4 heteroatoms. The monoisotopic (exact) mass is 300 g/mol. The lowest BCUT2D eigenvalue weighted by Gasteiger charge is -2.17.